The molecule has 2 aliphatic carbocycles. The van der Waals surface area contributed by atoms with Crippen LogP contribution in [0.1, 0.15) is 0 Å². The van der Waals surface area contributed by atoms with Gasteiger partial charge in [-0.15, -0.1) is 0 Å². The molecule has 0 saturated heterocycles. The minimum absolute atomic E-state index is 5.48. The normalized spacial score (nSPS) is 41.3. The van der Waals surface area contributed by atoms with Gasteiger partial charge in [-0.3, -0.25) is 0 Å². The summed E-state index contributed by atoms with van der Waals surface area (Å²) in [5.41, 5.74) is -7.20. The van der Waals surface area contributed by atoms with Crippen LogP contribution in [0.3, 0.4) is 0 Å². The Morgan fingerprint density at radius 3 is 1.00 bits per heavy atom. The highest BCUT2D eigenvalue weighted by Crippen LogP contribution is 2.86. The summed E-state index contributed by atoms with van der Waals surface area (Å²) in [6, 6.07) is 0. The predicted octanol–water partition coefficient (Wildman–Crippen LogP) is 4.36. The first-order valence-corrected chi connectivity index (χ1v) is 4.82. The summed E-state index contributed by atoms with van der Waals surface area (Å²) in [5, 5.41) is 0. The molecule has 124 valence electrons. The van der Waals surface area contributed by atoms with E-state index in [2.05, 4.69) is 0 Å². The summed E-state index contributed by atoms with van der Waals surface area (Å²) < 4.78 is 169. The van der Waals surface area contributed by atoms with Crippen molar-refractivity contribution in [3.8, 4) is 0 Å². The molecular formula is C8HF13. The molecule has 2 saturated carbocycles. The van der Waals surface area contributed by atoms with Crippen molar-refractivity contribution in [1.29, 1.82) is 0 Å². The molecule has 0 radical (unpaired) electrons. The highest BCUT2D eigenvalue weighted by atomic mass is 19.4. The molecule has 13 heteroatoms. The van der Waals surface area contributed by atoms with E-state index in [0.29, 0.717) is 0 Å². The number of halogens is 13. The van der Waals surface area contributed by atoms with Gasteiger partial charge in [-0.05, 0) is 0 Å². The van der Waals surface area contributed by atoms with Gasteiger partial charge in [0.25, 0.3) is 11.3 Å². The molecule has 0 aromatic heterocycles. The molecule has 0 heterocycles. The topological polar surface area (TPSA) is 0 Å². The van der Waals surface area contributed by atoms with E-state index >= 15 is 0 Å². The molecular weight excluding hydrogens is 343 g/mol. The van der Waals surface area contributed by atoms with Crippen molar-refractivity contribution in [2.24, 2.45) is 11.3 Å². The highest BCUT2D eigenvalue weighted by Gasteiger charge is 3.13. The lowest BCUT2D eigenvalue weighted by atomic mass is 9.73. The maximum atomic E-state index is 13.3. The van der Waals surface area contributed by atoms with E-state index in [1.165, 1.54) is 0 Å². The second-order valence-electron chi connectivity index (χ2n) is 4.70. The molecule has 0 spiro atoms. The summed E-state index contributed by atoms with van der Waals surface area (Å²) in [7, 11) is 0. The Morgan fingerprint density at radius 1 is 0.524 bits per heavy atom. The maximum Gasteiger partial charge on any atom is 0.412 e. The number of alkyl halides is 13. The van der Waals surface area contributed by atoms with Gasteiger partial charge < -0.3 is 0 Å². The lowest BCUT2D eigenvalue weighted by molar-refractivity contribution is -0.443. The van der Waals surface area contributed by atoms with Crippen LogP contribution < -0.4 is 0 Å². The molecule has 2 aliphatic rings. The Bertz CT molecular complexity index is 455. The zero-order chi connectivity index (χ0) is 17.1. The second kappa shape index (κ2) is 3.21. The van der Waals surface area contributed by atoms with E-state index < -0.39 is 47.1 Å². The molecule has 0 nitrogen and oxygen atoms in total. The molecule has 0 atom stereocenters. The first kappa shape index (κ1) is 16.5. The van der Waals surface area contributed by atoms with E-state index in [-0.39, 0.29) is 0 Å². The van der Waals surface area contributed by atoms with Crippen molar-refractivity contribution in [2.75, 3.05) is 0 Å². The van der Waals surface area contributed by atoms with Gasteiger partial charge in [0, 0.05) is 0 Å². The monoisotopic (exact) mass is 344 g/mol. The fourth-order valence-electron chi connectivity index (χ4n) is 2.92. The van der Waals surface area contributed by atoms with Crippen molar-refractivity contribution in [2.45, 2.75) is 35.8 Å². The molecule has 0 aromatic rings. The molecule has 0 unspecified atom stereocenters. The third-order valence-corrected chi connectivity index (χ3v) is 3.79. The van der Waals surface area contributed by atoms with Gasteiger partial charge in [0.05, 0.1) is 0 Å². The van der Waals surface area contributed by atoms with E-state index in [1.54, 1.807) is 0 Å². The van der Waals surface area contributed by atoms with Gasteiger partial charge in [0.15, 0.2) is 5.92 Å². The minimum Gasteiger partial charge on any atom is -0.204 e. The Hall–Kier alpha value is -0.910. The van der Waals surface area contributed by atoms with Gasteiger partial charge in [0.2, 0.25) is 0 Å². The molecule has 0 N–H and O–H groups in total. The van der Waals surface area contributed by atoms with Crippen LogP contribution in [0, 0.1) is 11.3 Å². The van der Waals surface area contributed by atoms with E-state index in [9.17, 15) is 57.1 Å². The average Bonchev–Trinajstić information content (AvgIpc) is 2.26. The summed E-state index contributed by atoms with van der Waals surface area (Å²) in [5.74, 6) is -39.9. The van der Waals surface area contributed by atoms with Crippen LogP contribution in [0.15, 0.2) is 0 Å². The van der Waals surface area contributed by atoms with Crippen LogP contribution in [-0.2, 0) is 0 Å². The van der Waals surface area contributed by atoms with Crippen molar-refractivity contribution < 1.29 is 57.1 Å². The fraction of sp³-hybridized carbons (Fsp3) is 1.00. The van der Waals surface area contributed by atoms with E-state index in [1.807, 2.05) is 0 Å². The van der Waals surface area contributed by atoms with E-state index in [0.717, 1.165) is 0 Å². The SMILES string of the molecule is FC(F)(F)C12C(F)(F)C(C(F)(F)C1(F)F)C(F)(F)C2(F)F. The second-order valence-corrected chi connectivity index (χ2v) is 4.70. The zero-order valence-corrected chi connectivity index (χ0v) is 8.99. The molecule has 0 aromatic carbocycles. The average molecular weight is 344 g/mol. The van der Waals surface area contributed by atoms with Crippen molar-refractivity contribution in [3.63, 3.8) is 0 Å². The molecule has 21 heavy (non-hydrogen) atoms. The Kier molecular flexibility index (Phi) is 2.52. The van der Waals surface area contributed by atoms with Crippen molar-refractivity contribution in [3.05, 3.63) is 0 Å². The van der Waals surface area contributed by atoms with Crippen LogP contribution in [0.25, 0.3) is 0 Å². The molecule has 0 amide bonds. The van der Waals surface area contributed by atoms with Crippen LogP contribution >= 0.6 is 0 Å². The summed E-state index contributed by atoms with van der Waals surface area (Å²) >= 11 is 0. The van der Waals surface area contributed by atoms with Gasteiger partial charge in [-0.1, -0.05) is 0 Å². The molecule has 2 fully saturated rings. The summed E-state index contributed by atoms with van der Waals surface area (Å²) in [6.07, 6.45) is -7.43. The number of rotatable bonds is 0. The number of hydrogen-bond donors (Lipinski definition) is 0. The lowest BCUT2D eigenvalue weighted by Crippen LogP contribution is -2.73. The highest BCUT2D eigenvalue weighted by molar-refractivity contribution is 5.38. The molecule has 2 rings (SSSR count). The van der Waals surface area contributed by atoms with Gasteiger partial charge >= 0.3 is 29.9 Å². The van der Waals surface area contributed by atoms with Crippen LogP contribution in [0.5, 0.6) is 0 Å². The Labute approximate surface area is 105 Å². The molecule has 2 bridgehead atoms. The number of hydrogen-bond acceptors (Lipinski definition) is 0. The third kappa shape index (κ3) is 1.10. The Balaban J connectivity index is 3.02. The van der Waals surface area contributed by atoms with Gasteiger partial charge in [-0.2, -0.15) is 48.3 Å². The van der Waals surface area contributed by atoms with Crippen LogP contribution in [-0.4, -0.2) is 35.8 Å². The van der Waals surface area contributed by atoms with Crippen molar-refractivity contribution >= 4 is 0 Å². The van der Waals surface area contributed by atoms with Gasteiger partial charge in [0.1, 0.15) is 0 Å². The first-order chi connectivity index (χ1) is 8.87. The van der Waals surface area contributed by atoms with Crippen molar-refractivity contribution in [1.82, 2.24) is 0 Å². The summed E-state index contributed by atoms with van der Waals surface area (Å²) in [6.45, 7) is 0. The quantitative estimate of drug-likeness (QED) is 0.573. The third-order valence-electron chi connectivity index (χ3n) is 3.79. The van der Waals surface area contributed by atoms with Crippen LogP contribution in [0.2, 0.25) is 0 Å². The zero-order valence-electron chi connectivity index (χ0n) is 8.99. The van der Waals surface area contributed by atoms with E-state index in [4.69, 9.17) is 0 Å². The number of fused-ring (bicyclic) bond motifs is 2. The minimum atomic E-state index is -7.43. The smallest absolute Gasteiger partial charge is 0.204 e. The van der Waals surface area contributed by atoms with Crippen LogP contribution in [0.4, 0.5) is 57.1 Å². The summed E-state index contributed by atoms with van der Waals surface area (Å²) in [4.78, 5) is 0. The van der Waals surface area contributed by atoms with Gasteiger partial charge in [-0.25, -0.2) is 8.78 Å². The lowest BCUT2D eigenvalue weighted by Gasteiger charge is -2.45. The largest absolute Gasteiger partial charge is 0.412 e. The predicted molar refractivity (Wildman–Crippen MR) is 36.7 cm³/mol. The Morgan fingerprint density at radius 2 is 0.810 bits per heavy atom. The maximum absolute atomic E-state index is 13.3. The first-order valence-electron chi connectivity index (χ1n) is 4.82. The standard InChI is InChI=1S/C8HF13/c9-2(10)1-3(11,12)6(15,16)5(2,8(19,20)21)7(17,18)4(1,13)14/h1H. The molecule has 0 aliphatic heterocycles. The fourth-order valence-corrected chi connectivity index (χ4v) is 2.92.